The summed E-state index contributed by atoms with van der Waals surface area (Å²) in [4.78, 5) is 24.7. The van der Waals surface area contributed by atoms with Crippen LogP contribution in [-0.4, -0.2) is 40.6 Å². The molecule has 1 heterocycles. The van der Waals surface area contributed by atoms with Gasteiger partial charge in [-0.3, -0.25) is 4.79 Å². The summed E-state index contributed by atoms with van der Waals surface area (Å²) in [5.41, 5.74) is 1.58. The van der Waals surface area contributed by atoms with Gasteiger partial charge in [-0.05, 0) is 42.8 Å². The Kier molecular flexibility index (Phi) is 6.35. The number of hydrogen-bond acceptors (Lipinski definition) is 6. The highest BCUT2D eigenvalue weighted by molar-refractivity contribution is 6.07. The molecule has 10 heteroatoms. The summed E-state index contributed by atoms with van der Waals surface area (Å²) in [5.74, 6) is -1.13. The molecule has 0 saturated heterocycles. The molecule has 156 valence electrons. The summed E-state index contributed by atoms with van der Waals surface area (Å²) in [6.45, 7) is -1.10. The summed E-state index contributed by atoms with van der Waals surface area (Å²) in [7, 11) is 1.25. The first kappa shape index (κ1) is 20.9. The average Bonchev–Trinajstić information content (AvgIpc) is 3.18. The predicted octanol–water partition coefficient (Wildman–Crippen LogP) is 3.47. The van der Waals surface area contributed by atoms with Gasteiger partial charge in [0.2, 0.25) is 0 Å². The minimum Gasteiger partial charge on any atom is -0.465 e. The standard InChI is InChI=1S/C20H18F2N4O4/c1-3-16-17(18(27)23-15-7-5-4-6-14(15)19(28)29-2)24-25-26(16)12-8-10-13(11-9-12)30-20(21)22/h4-11,20H,3H2,1-2H3,(H,23,27). The van der Waals surface area contributed by atoms with E-state index in [1.165, 1.54) is 42.1 Å². The highest BCUT2D eigenvalue weighted by atomic mass is 19.3. The highest BCUT2D eigenvalue weighted by Crippen LogP contribution is 2.21. The van der Waals surface area contributed by atoms with Gasteiger partial charge >= 0.3 is 12.6 Å². The second-order valence-corrected chi connectivity index (χ2v) is 6.01. The van der Waals surface area contributed by atoms with Crippen LogP contribution in [0, 0.1) is 0 Å². The van der Waals surface area contributed by atoms with E-state index in [0.29, 0.717) is 17.8 Å². The normalized spacial score (nSPS) is 10.7. The quantitative estimate of drug-likeness (QED) is 0.593. The van der Waals surface area contributed by atoms with Crippen LogP contribution >= 0.6 is 0 Å². The number of rotatable bonds is 7. The molecule has 2 aromatic carbocycles. The van der Waals surface area contributed by atoms with Gasteiger partial charge in [0.25, 0.3) is 5.91 Å². The van der Waals surface area contributed by atoms with Gasteiger partial charge in [-0.25, -0.2) is 9.48 Å². The molecule has 0 fully saturated rings. The lowest BCUT2D eigenvalue weighted by Gasteiger charge is -2.10. The van der Waals surface area contributed by atoms with Crippen LogP contribution in [0.2, 0.25) is 0 Å². The zero-order chi connectivity index (χ0) is 21.7. The van der Waals surface area contributed by atoms with Crippen molar-refractivity contribution in [2.75, 3.05) is 12.4 Å². The molecular formula is C20H18F2N4O4. The van der Waals surface area contributed by atoms with Crippen molar-refractivity contribution in [2.24, 2.45) is 0 Å². The maximum atomic E-state index is 12.8. The summed E-state index contributed by atoms with van der Waals surface area (Å²) in [6.07, 6.45) is 0.420. The number of esters is 1. The van der Waals surface area contributed by atoms with E-state index in [-0.39, 0.29) is 22.7 Å². The predicted molar refractivity (Wildman–Crippen MR) is 103 cm³/mol. The molecule has 0 bridgehead atoms. The second-order valence-electron chi connectivity index (χ2n) is 6.01. The number of methoxy groups -OCH3 is 1. The smallest absolute Gasteiger partial charge is 0.387 e. The lowest BCUT2D eigenvalue weighted by Crippen LogP contribution is -2.17. The Hall–Kier alpha value is -3.82. The van der Waals surface area contributed by atoms with E-state index < -0.39 is 18.5 Å². The fraction of sp³-hybridized carbons (Fsp3) is 0.200. The van der Waals surface area contributed by atoms with Crippen LogP contribution < -0.4 is 10.1 Å². The molecule has 0 saturated carbocycles. The number of anilines is 1. The third-order valence-corrected chi connectivity index (χ3v) is 4.20. The Bertz CT molecular complexity index is 1050. The van der Waals surface area contributed by atoms with Gasteiger partial charge in [0, 0.05) is 0 Å². The van der Waals surface area contributed by atoms with Crippen LogP contribution in [0.3, 0.4) is 0 Å². The fourth-order valence-electron chi connectivity index (χ4n) is 2.83. The van der Waals surface area contributed by atoms with E-state index in [4.69, 9.17) is 4.74 Å². The molecule has 8 nitrogen and oxygen atoms in total. The minimum atomic E-state index is -2.92. The molecule has 0 spiro atoms. The Labute approximate surface area is 170 Å². The number of nitrogens with zero attached hydrogens (tertiary/aromatic N) is 3. The maximum absolute atomic E-state index is 12.8. The van der Waals surface area contributed by atoms with Crippen molar-refractivity contribution < 1.29 is 27.8 Å². The number of alkyl halides is 2. The van der Waals surface area contributed by atoms with Gasteiger partial charge in [0.1, 0.15) is 5.75 Å². The molecule has 0 radical (unpaired) electrons. The van der Waals surface area contributed by atoms with E-state index in [1.807, 2.05) is 6.92 Å². The van der Waals surface area contributed by atoms with Crippen LogP contribution in [0.15, 0.2) is 48.5 Å². The topological polar surface area (TPSA) is 95.3 Å². The molecule has 0 aliphatic carbocycles. The Morgan fingerprint density at radius 2 is 1.83 bits per heavy atom. The Morgan fingerprint density at radius 3 is 2.47 bits per heavy atom. The van der Waals surface area contributed by atoms with Crippen LogP contribution in [0.4, 0.5) is 14.5 Å². The van der Waals surface area contributed by atoms with E-state index in [9.17, 15) is 18.4 Å². The van der Waals surface area contributed by atoms with Gasteiger partial charge < -0.3 is 14.8 Å². The first-order valence-electron chi connectivity index (χ1n) is 8.93. The van der Waals surface area contributed by atoms with E-state index in [1.54, 1.807) is 18.2 Å². The first-order chi connectivity index (χ1) is 14.4. The number of carbonyl (C=O) groups is 2. The number of aromatic nitrogens is 3. The largest absolute Gasteiger partial charge is 0.465 e. The second kappa shape index (κ2) is 9.12. The van der Waals surface area contributed by atoms with Crippen LogP contribution in [0.1, 0.15) is 33.5 Å². The minimum absolute atomic E-state index is 0.00398. The van der Waals surface area contributed by atoms with Crippen molar-refractivity contribution in [3.8, 4) is 11.4 Å². The van der Waals surface area contributed by atoms with Crippen molar-refractivity contribution in [3.05, 3.63) is 65.5 Å². The van der Waals surface area contributed by atoms with Gasteiger partial charge in [-0.15, -0.1) is 5.10 Å². The van der Waals surface area contributed by atoms with Crippen molar-refractivity contribution in [2.45, 2.75) is 20.0 Å². The molecule has 0 aliphatic rings. The molecule has 1 aromatic heterocycles. The third-order valence-electron chi connectivity index (χ3n) is 4.20. The van der Waals surface area contributed by atoms with Crippen molar-refractivity contribution >= 4 is 17.6 Å². The summed E-state index contributed by atoms with van der Waals surface area (Å²) in [6, 6.07) is 12.2. The maximum Gasteiger partial charge on any atom is 0.387 e. The van der Waals surface area contributed by atoms with E-state index >= 15 is 0 Å². The first-order valence-corrected chi connectivity index (χ1v) is 8.93. The lowest BCUT2D eigenvalue weighted by molar-refractivity contribution is -0.0498. The zero-order valence-electron chi connectivity index (χ0n) is 16.1. The van der Waals surface area contributed by atoms with E-state index in [2.05, 4.69) is 20.4 Å². The number of para-hydroxylation sites is 1. The SMILES string of the molecule is CCc1c(C(=O)Nc2ccccc2C(=O)OC)nnn1-c1ccc(OC(F)F)cc1. The Morgan fingerprint density at radius 1 is 1.13 bits per heavy atom. The van der Waals surface area contributed by atoms with Crippen LogP contribution in [0.25, 0.3) is 5.69 Å². The molecular weight excluding hydrogens is 398 g/mol. The van der Waals surface area contributed by atoms with Crippen molar-refractivity contribution in [3.63, 3.8) is 0 Å². The van der Waals surface area contributed by atoms with Gasteiger partial charge in [-0.1, -0.05) is 24.3 Å². The number of carbonyl (C=O) groups excluding carboxylic acids is 2. The molecule has 0 aliphatic heterocycles. The summed E-state index contributed by atoms with van der Waals surface area (Å²) in [5, 5.41) is 10.6. The number of ether oxygens (including phenoxy) is 2. The van der Waals surface area contributed by atoms with Gasteiger partial charge in [-0.2, -0.15) is 8.78 Å². The number of halogens is 2. The number of benzene rings is 2. The lowest BCUT2D eigenvalue weighted by atomic mass is 10.1. The van der Waals surface area contributed by atoms with Crippen LogP contribution in [0.5, 0.6) is 5.75 Å². The number of nitrogens with one attached hydrogen (secondary N) is 1. The summed E-state index contributed by atoms with van der Waals surface area (Å²) >= 11 is 0. The van der Waals surface area contributed by atoms with Crippen molar-refractivity contribution in [1.29, 1.82) is 0 Å². The molecule has 3 aromatic rings. The molecule has 0 atom stereocenters. The molecule has 1 N–H and O–H groups in total. The number of amides is 1. The molecule has 0 unspecified atom stereocenters. The molecule has 30 heavy (non-hydrogen) atoms. The monoisotopic (exact) mass is 416 g/mol. The van der Waals surface area contributed by atoms with Crippen molar-refractivity contribution in [1.82, 2.24) is 15.0 Å². The highest BCUT2D eigenvalue weighted by Gasteiger charge is 2.21. The Balaban J connectivity index is 1.87. The molecule has 1 amide bonds. The van der Waals surface area contributed by atoms with E-state index in [0.717, 1.165) is 0 Å². The average molecular weight is 416 g/mol. The molecule has 3 rings (SSSR count). The summed E-state index contributed by atoms with van der Waals surface area (Å²) < 4.78 is 35.1. The van der Waals surface area contributed by atoms with Crippen LogP contribution in [-0.2, 0) is 11.2 Å². The number of hydrogen-bond donors (Lipinski definition) is 1. The van der Waals surface area contributed by atoms with Gasteiger partial charge in [0.15, 0.2) is 5.69 Å². The van der Waals surface area contributed by atoms with Gasteiger partial charge in [0.05, 0.1) is 29.7 Å². The third kappa shape index (κ3) is 4.43. The zero-order valence-corrected chi connectivity index (χ0v) is 16.1. The fourth-order valence-corrected chi connectivity index (χ4v) is 2.83.